The first-order chi connectivity index (χ1) is 12.5. The standard InChI is InChI=1S/C18H24N2O4S2/c1-11-13(16(21)23-2)15(26-14(11)17(22)24-3)20-18(25)19-10-9-12-7-5-4-6-8-12/h7H,4-6,8-10H2,1-3H3,(H2,19,20,25). The van der Waals surface area contributed by atoms with Crippen LogP contribution in [-0.2, 0) is 9.47 Å². The van der Waals surface area contributed by atoms with Gasteiger partial charge in [0, 0.05) is 6.54 Å². The number of carbonyl (C=O) groups excluding carboxylic acids is 2. The van der Waals surface area contributed by atoms with E-state index in [9.17, 15) is 9.59 Å². The molecular weight excluding hydrogens is 372 g/mol. The Hall–Kier alpha value is -1.93. The molecule has 0 radical (unpaired) electrons. The Morgan fingerprint density at radius 3 is 2.58 bits per heavy atom. The third-order valence-corrected chi connectivity index (χ3v) is 5.68. The fraction of sp³-hybridized carbons (Fsp3) is 0.500. The molecule has 6 nitrogen and oxygen atoms in total. The van der Waals surface area contributed by atoms with Crippen molar-refractivity contribution in [3.63, 3.8) is 0 Å². The molecular formula is C18H24N2O4S2. The summed E-state index contributed by atoms with van der Waals surface area (Å²) in [5.74, 6) is -1.01. The van der Waals surface area contributed by atoms with Gasteiger partial charge in [0.15, 0.2) is 5.11 Å². The van der Waals surface area contributed by atoms with Crippen LogP contribution in [0.4, 0.5) is 5.00 Å². The lowest BCUT2D eigenvalue weighted by atomic mass is 9.97. The second-order valence-electron chi connectivity index (χ2n) is 5.98. The van der Waals surface area contributed by atoms with Crippen molar-refractivity contribution < 1.29 is 19.1 Å². The number of hydrogen-bond acceptors (Lipinski definition) is 6. The molecule has 0 fully saturated rings. The molecule has 0 amide bonds. The van der Waals surface area contributed by atoms with Crippen molar-refractivity contribution in [3.05, 3.63) is 27.7 Å². The van der Waals surface area contributed by atoms with Crippen LogP contribution in [-0.4, -0.2) is 37.8 Å². The van der Waals surface area contributed by atoms with E-state index in [-0.39, 0.29) is 0 Å². The predicted octanol–water partition coefficient (Wildman–Crippen LogP) is 3.81. The molecule has 0 aliphatic heterocycles. The number of thiophene rings is 1. The van der Waals surface area contributed by atoms with Gasteiger partial charge in [-0.25, -0.2) is 9.59 Å². The monoisotopic (exact) mass is 396 g/mol. The largest absolute Gasteiger partial charge is 0.465 e. The molecule has 0 saturated heterocycles. The van der Waals surface area contributed by atoms with E-state index in [0.717, 1.165) is 37.1 Å². The van der Waals surface area contributed by atoms with Gasteiger partial charge in [0.05, 0.1) is 19.8 Å². The van der Waals surface area contributed by atoms with E-state index in [1.807, 2.05) is 0 Å². The van der Waals surface area contributed by atoms with Gasteiger partial charge < -0.3 is 20.1 Å². The summed E-state index contributed by atoms with van der Waals surface area (Å²) in [6.45, 7) is 2.41. The van der Waals surface area contributed by atoms with Gasteiger partial charge in [0.25, 0.3) is 0 Å². The van der Waals surface area contributed by atoms with Gasteiger partial charge in [-0.2, -0.15) is 0 Å². The van der Waals surface area contributed by atoms with Crippen LogP contribution in [0.2, 0.25) is 0 Å². The Labute approximate surface area is 162 Å². The lowest BCUT2D eigenvalue weighted by Gasteiger charge is -2.14. The highest BCUT2D eigenvalue weighted by molar-refractivity contribution is 7.80. The normalized spacial score (nSPS) is 13.6. The first-order valence-corrected chi connectivity index (χ1v) is 9.73. The average molecular weight is 397 g/mol. The summed E-state index contributed by atoms with van der Waals surface area (Å²) >= 11 is 6.46. The van der Waals surface area contributed by atoms with Crippen LogP contribution in [0.25, 0.3) is 0 Å². The molecule has 0 saturated carbocycles. The van der Waals surface area contributed by atoms with Crippen molar-refractivity contribution in [1.82, 2.24) is 5.32 Å². The molecule has 0 aromatic carbocycles. The second-order valence-corrected chi connectivity index (χ2v) is 7.41. The number of methoxy groups -OCH3 is 2. The Balaban J connectivity index is 2.04. The van der Waals surface area contributed by atoms with Gasteiger partial charge in [0.2, 0.25) is 0 Å². The zero-order valence-electron chi connectivity index (χ0n) is 15.3. The third kappa shape index (κ3) is 5.04. The van der Waals surface area contributed by atoms with Crippen LogP contribution < -0.4 is 10.6 Å². The molecule has 26 heavy (non-hydrogen) atoms. The van der Waals surface area contributed by atoms with Crippen LogP contribution in [0.5, 0.6) is 0 Å². The summed E-state index contributed by atoms with van der Waals surface area (Å²) in [6.07, 6.45) is 8.09. The summed E-state index contributed by atoms with van der Waals surface area (Å²) in [4.78, 5) is 24.4. The molecule has 0 bridgehead atoms. The molecule has 1 heterocycles. The van der Waals surface area contributed by atoms with Crippen molar-refractivity contribution in [2.75, 3.05) is 26.1 Å². The van der Waals surface area contributed by atoms with Crippen LogP contribution in [0.1, 0.15) is 57.7 Å². The number of carbonyl (C=O) groups is 2. The SMILES string of the molecule is COC(=O)c1sc(NC(=S)NCCC2=CCCCC2)c(C(=O)OC)c1C. The molecule has 142 valence electrons. The maximum atomic E-state index is 12.1. The number of thiocarbonyl (C=S) groups is 1. The Morgan fingerprint density at radius 1 is 1.23 bits per heavy atom. The number of anilines is 1. The number of hydrogen-bond donors (Lipinski definition) is 2. The maximum absolute atomic E-state index is 12.1. The zero-order valence-corrected chi connectivity index (χ0v) is 16.9. The molecule has 8 heteroatoms. The zero-order chi connectivity index (χ0) is 19.1. The fourth-order valence-corrected chi connectivity index (χ4v) is 4.24. The van der Waals surface area contributed by atoms with Gasteiger partial charge in [-0.3, -0.25) is 0 Å². The van der Waals surface area contributed by atoms with E-state index in [1.165, 1.54) is 32.6 Å². The van der Waals surface area contributed by atoms with Crippen molar-refractivity contribution in [3.8, 4) is 0 Å². The summed E-state index contributed by atoms with van der Waals surface area (Å²) in [5, 5.41) is 7.05. The van der Waals surface area contributed by atoms with Gasteiger partial charge >= 0.3 is 11.9 Å². The van der Waals surface area contributed by atoms with Gasteiger partial charge in [-0.1, -0.05) is 11.6 Å². The number of rotatable bonds is 6. The lowest BCUT2D eigenvalue weighted by molar-refractivity contribution is 0.0601. The minimum Gasteiger partial charge on any atom is -0.465 e. The Bertz CT molecular complexity index is 725. The van der Waals surface area contributed by atoms with Crippen LogP contribution >= 0.6 is 23.6 Å². The minimum absolute atomic E-state index is 0.303. The number of allylic oxidation sites excluding steroid dienone is 1. The molecule has 0 atom stereocenters. The molecule has 1 aliphatic rings. The molecule has 1 aromatic rings. The number of nitrogens with one attached hydrogen (secondary N) is 2. The van der Waals surface area contributed by atoms with Gasteiger partial charge in [0.1, 0.15) is 9.88 Å². The number of ether oxygens (including phenoxy) is 2. The van der Waals surface area contributed by atoms with E-state index in [2.05, 4.69) is 16.7 Å². The van der Waals surface area contributed by atoms with Gasteiger partial charge in [-0.05, 0) is 56.8 Å². The molecule has 1 aliphatic carbocycles. The van der Waals surface area contributed by atoms with Crippen molar-refractivity contribution in [2.45, 2.75) is 39.0 Å². The highest BCUT2D eigenvalue weighted by Crippen LogP contribution is 2.34. The van der Waals surface area contributed by atoms with E-state index in [1.54, 1.807) is 6.92 Å². The van der Waals surface area contributed by atoms with Crippen molar-refractivity contribution >= 4 is 45.6 Å². The van der Waals surface area contributed by atoms with Crippen molar-refractivity contribution in [1.29, 1.82) is 0 Å². The smallest absolute Gasteiger partial charge is 0.348 e. The summed E-state index contributed by atoms with van der Waals surface area (Å²) in [7, 11) is 2.61. The first kappa shape index (κ1) is 20.4. The van der Waals surface area contributed by atoms with E-state index in [4.69, 9.17) is 21.7 Å². The van der Waals surface area contributed by atoms with E-state index >= 15 is 0 Å². The first-order valence-electron chi connectivity index (χ1n) is 8.50. The quantitative estimate of drug-likeness (QED) is 0.430. The van der Waals surface area contributed by atoms with Crippen LogP contribution in [0.3, 0.4) is 0 Å². The minimum atomic E-state index is -0.522. The predicted molar refractivity (Wildman–Crippen MR) is 107 cm³/mol. The highest BCUT2D eigenvalue weighted by Gasteiger charge is 2.26. The fourth-order valence-electron chi connectivity index (χ4n) is 2.85. The van der Waals surface area contributed by atoms with Crippen LogP contribution in [0, 0.1) is 6.92 Å². The highest BCUT2D eigenvalue weighted by atomic mass is 32.1. The third-order valence-electron chi connectivity index (χ3n) is 4.25. The molecule has 2 rings (SSSR count). The Kier molecular flexibility index (Phi) is 7.59. The summed E-state index contributed by atoms with van der Waals surface area (Å²) in [5.41, 5.74) is 2.28. The van der Waals surface area contributed by atoms with Crippen LogP contribution in [0.15, 0.2) is 11.6 Å². The topological polar surface area (TPSA) is 76.7 Å². The van der Waals surface area contributed by atoms with E-state index in [0.29, 0.717) is 26.1 Å². The molecule has 2 N–H and O–H groups in total. The average Bonchev–Trinajstić information content (AvgIpc) is 2.97. The van der Waals surface area contributed by atoms with Crippen molar-refractivity contribution in [2.24, 2.45) is 0 Å². The molecule has 0 spiro atoms. The maximum Gasteiger partial charge on any atom is 0.348 e. The second kappa shape index (κ2) is 9.68. The summed E-state index contributed by atoms with van der Waals surface area (Å²) < 4.78 is 9.60. The number of esters is 2. The van der Waals surface area contributed by atoms with Gasteiger partial charge in [-0.15, -0.1) is 11.3 Å². The lowest BCUT2D eigenvalue weighted by Crippen LogP contribution is -2.29. The molecule has 0 unspecified atom stereocenters. The summed E-state index contributed by atoms with van der Waals surface area (Å²) in [6, 6.07) is 0. The van der Waals surface area contributed by atoms with E-state index < -0.39 is 11.9 Å². The molecule has 1 aromatic heterocycles. The Morgan fingerprint density at radius 2 is 1.96 bits per heavy atom.